The zero-order valence-corrected chi connectivity index (χ0v) is 16.1. The Balaban J connectivity index is 1.65. The van der Waals surface area contributed by atoms with E-state index in [1.165, 1.54) is 30.0 Å². The van der Waals surface area contributed by atoms with Crippen molar-refractivity contribution in [1.29, 1.82) is 0 Å². The van der Waals surface area contributed by atoms with E-state index in [-0.39, 0.29) is 17.3 Å². The molecule has 3 rings (SSSR count). The van der Waals surface area contributed by atoms with Crippen LogP contribution in [0.5, 0.6) is 5.75 Å². The van der Waals surface area contributed by atoms with E-state index in [1.54, 1.807) is 11.7 Å². The van der Waals surface area contributed by atoms with Gasteiger partial charge < -0.3 is 14.6 Å². The first-order valence-corrected chi connectivity index (χ1v) is 9.26. The second-order valence-corrected chi connectivity index (χ2v) is 6.93. The standard InChI is InChI=1S/C18H16ClFN4O2S/c1-24-17(11-3-6-13(26-2)7-4-11)22-23-18(24)27-10-16(25)21-15-9-12(19)5-8-14(15)20/h3-9H,10H2,1-2H3,(H,21,25). The van der Waals surface area contributed by atoms with Crippen LogP contribution in [0.1, 0.15) is 0 Å². The predicted molar refractivity (Wildman–Crippen MR) is 104 cm³/mol. The van der Waals surface area contributed by atoms with Crippen LogP contribution in [0.25, 0.3) is 11.4 Å². The second kappa shape index (κ2) is 8.41. The number of anilines is 1. The maximum atomic E-state index is 13.7. The van der Waals surface area contributed by atoms with Gasteiger partial charge in [0.1, 0.15) is 11.6 Å². The zero-order valence-electron chi connectivity index (χ0n) is 14.6. The molecule has 1 aromatic heterocycles. The molecule has 0 aliphatic carbocycles. The van der Waals surface area contributed by atoms with Gasteiger partial charge >= 0.3 is 0 Å². The quantitative estimate of drug-likeness (QED) is 0.626. The summed E-state index contributed by atoms with van der Waals surface area (Å²) in [5, 5.41) is 11.7. The number of nitrogens with one attached hydrogen (secondary N) is 1. The highest BCUT2D eigenvalue weighted by Gasteiger charge is 2.14. The number of carbonyl (C=O) groups excluding carboxylic acids is 1. The molecule has 2 aromatic carbocycles. The number of rotatable bonds is 6. The molecular weight excluding hydrogens is 391 g/mol. The van der Waals surface area contributed by atoms with Crippen molar-refractivity contribution in [2.45, 2.75) is 5.16 Å². The Kier molecular flexibility index (Phi) is 5.98. The smallest absolute Gasteiger partial charge is 0.234 e. The summed E-state index contributed by atoms with van der Waals surface area (Å²) in [4.78, 5) is 12.1. The first-order chi connectivity index (χ1) is 13.0. The molecule has 0 unspecified atom stereocenters. The maximum absolute atomic E-state index is 13.7. The van der Waals surface area contributed by atoms with Gasteiger partial charge in [0.2, 0.25) is 5.91 Å². The molecule has 0 spiro atoms. The normalized spacial score (nSPS) is 10.7. The lowest BCUT2D eigenvalue weighted by atomic mass is 10.2. The number of benzene rings is 2. The van der Waals surface area contributed by atoms with Gasteiger partial charge in [0, 0.05) is 17.6 Å². The Hall–Kier alpha value is -2.58. The van der Waals surface area contributed by atoms with Gasteiger partial charge in [-0.25, -0.2) is 4.39 Å². The van der Waals surface area contributed by atoms with Gasteiger partial charge in [-0.1, -0.05) is 23.4 Å². The van der Waals surface area contributed by atoms with Gasteiger partial charge in [-0.3, -0.25) is 4.79 Å². The number of nitrogens with zero attached hydrogens (tertiary/aromatic N) is 3. The number of amides is 1. The molecule has 6 nitrogen and oxygen atoms in total. The van der Waals surface area contributed by atoms with Crippen LogP contribution in [-0.2, 0) is 11.8 Å². The Morgan fingerprint density at radius 3 is 2.70 bits per heavy atom. The molecule has 3 aromatic rings. The predicted octanol–water partition coefficient (Wildman–Crippen LogP) is 4.01. The second-order valence-electron chi connectivity index (χ2n) is 5.55. The van der Waals surface area contributed by atoms with Crippen molar-refractivity contribution >= 4 is 35.0 Å². The van der Waals surface area contributed by atoms with Gasteiger partial charge in [0.15, 0.2) is 11.0 Å². The van der Waals surface area contributed by atoms with Crippen LogP contribution < -0.4 is 10.1 Å². The summed E-state index contributed by atoms with van der Waals surface area (Å²) < 4.78 is 20.6. The third kappa shape index (κ3) is 4.58. The van der Waals surface area contributed by atoms with Gasteiger partial charge in [-0.15, -0.1) is 10.2 Å². The molecule has 1 heterocycles. The summed E-state index contributed by atoms with van der Waals surface area (Å²) >= 11 is 7.03. The highest BCUT2D eigenvalue weighted by Crippen LogP contribution is 2.25. The van der Waals surface area contributed by atoms with Crippen molar-refractivity contribution in [1.82, 2.24) is 14.8 Å². The average molecular weight is 407 g/mol. The van der Waals surface area contributed by atoms with E-state index in [2.05, 4.69) is 15.5 Å². The molecule has 0 aliphatic rings. The van der Waals surface area contributed by atoms with E-state index >= 15 is 0 Å². The molecule has 0 radical (unpaired) electrons. The van der Waals surface area contributed by atoms with E-state index in [0.29, 0.717) is 16.0 Å². The molecule has 27 heavy (non-hydrogen) atoms. The van der Waals surface area contributed by atoms with E-state index in [4.69, 9.17) is 16.3 Å². The van der Waals surface area contributed by atoms with Crippen LogP contribution in [0.15, 0.2) is 47.6 Å². The summed E-state index contributed by atoms with van der Waals surface area (Å²) in [7, 11) is 3.42. The largest absolute Gasteiger partial charge is 0.497 e. The topological polar surface area (TPSA) is 69.0 Å². The number of ether oxygens (including phenoxy) is 1. The third-order valence-corrected chi connectivity index (χ3v) is 4.97. The lowest BCUT2D eigenvalue weighted by molar-refractivity contribution is -0.113. The van der Waals surface area contributed by atoms with E-state index in [0.717, 1.165) is 11.3 Å². The SMILES string of the molecule is COc1ccc(-c2nnc(SCC(=O)Nc3cc(Cl)ccc3F)n2C)cc1. The maximum Gasteiger partial charge on any atom is 0.234 e. The molecule has 1 N–H and O–H groups in total. The van der Waals surface area contributed by atoms with Gasteiger partial charge in [-0.05, 0) is 42.5 Å². The van der Waals surface area contributed by atoms with Crippen molar-refractivity contribution in [3.63, 3.8) is 0 Å². The molecule has 140 valence electrons. The molecule has 1 amide bonds. The summed E-state index contributed by atoms with van der Waals surface area (Å²) in [5.74, 6) is 0.566. The monoisotopic (exact) mass is 406 g/mol. The Morgan fingerprint density at radius 1 is 1.26 bits per heavy atom. The number of halogens is 2. The lowest BCUT2D eigenvalue weighted by Gasteiger charge is -2.07. The Bertz CT molecular complexity index is 962. The molecule has 9 heteroatoms. The summed E-state index contributed by atoms with van der Waals surface area (Å²) in [5.41, 5.74) is 0.924. The van der Waals surface area contributed by atoms with Gasteiger partial charge in [0.05, 0.1) is 18.6 Å². The molecule has 0 saturated heterocycles. The minimum Gasteiger partial charge on any atom is -0.497 e. The first kappa shape index (κ1) is 19.2. The third-order valence-electron chi connectivity index (χ3n) is 3.72. The summed E-state index contributed by atoms with van der Waals surface area (Å²) in [6.07, 6.45) is 0. The average Bonchev–Trinajstić information content (AvgIpc) is 3.03. The van der Waals surface area contributed by atoms with E-state index < -0.39 is 5.82 Å². The van der Waals surface area contributed by atoms with Crippen LogP contribution in [0, 0.1) is 5.82 Å². The van der Waals surface area contributed by atoms with Crippen LogP contribution in [0.2, 0.25) is 5.02 Å². The van der Waals surface area contributed by atoms with Crippen molar-refractivity contribution in [2.75, 3.05) is 18.2 Å². The number of hydrogen-bond acceptors (Lipinski definition) is 5. The van der Waals surface area contributed by atoms with Crippen LogP contribution in [0.3, 0.4) is 0 Å². The minimum atomic E-state index is -0.543. The molecule has 0 saturated carbocycles. The van der Waals surface area contributed by atoms with E-state index in [1.807, 2.05) is 31.3 Å². The fourth-order valence-electron chi connectivity index (χ4n) is 2.34. The Morgan fingerprint density at radius 2 is 2.00 bits per heavy atom. The molecule has 0 bridgehead atoms. The van der Waals surface area contributed by atoms with Gasteiger partial charge in [0.25, 0.3) is 0 Å². The van der Waals surface area contributed by atoms with Crippen molar-refractivity contribution in [2.24, 2.45) is 7.05 Å². The molecule has 0 atom stereocenters. The van der Waals surface area contributed by atoms with Crippen molar-refractivity contribution in [3.8, 4) is 17.1 Å². The van der Waals surface area contributed by atoms with Gasteiger partial charge in [-0.2, -0.15) is 0 Å². The van der Waals surface area contributed by atoms with Crippen LogP contribution in [-0.4, -0.2) is 33.5 Å². The highest BCUT2D eigenvalue weighted by molar-refractivity contribution is 7.99. The van der Waals surface area contributed by atoms with E-state index in [9.17, 15) is 9.18 Å². The van der Waals surface area contributed by atoms with Crippen LogP contribution >= 0.6 is 23.4 Å². The fraction of sp³-hybridized carbons (Fsp3) is 0.167. The molecular formula is C18H16ClFN4O2S. The zero-order chi connectivity index (χ0) is 19.4. The van der Waals surface area contributed by atoms with Crippen molar-refractivity contribution in [3.05, 3.63) is 53.3 Å². The minimum absolute atomic E-state index is 0.0463. The fourth-order valence-corrected chi connectivity index (χ4v) is 3.22. The van der Waals surface area contributed by atoms with Crippen LogP contribution in [0.4, 0.5) is 10.1 Å². The highest BCUT2D eigenvalue weighted by atomic mass is 35.5. The van der Waals surface area contributed by atoms with Crippen molar-refractivity contribution < 1.29 is 13.9 Å². The Labute approximate surface area is 164 Å². The number of hydrogen-bond donors (Lipinski definition) is 1. The molecule has 0 fully saturated rings. The number of aromatic nitrogens is 3. The summed E-state index contributed by atoms with van der Waals surface area (Å²) in [6.45, 7) is 0. The number of carbonyl (C=O) groups is 1. The molecule has 0 aliphatic heterocycles. The summed E-state index contributed by atoms with van der Waals surface area (Å²) in [6, 6.07) is 11.4. The first-order valence-electron chi connectivity index (χ1n) is 7.89. The number of methoxy groups -OCH3 is 1. The lowest BCUT2D eigenvalue weighted by Crippen LogP contribution is -2.15. The number of thioether (sulfide) groups is 1.